The molecule has 0 bridgehead atoms. The van der Waals surface area contributed by atoms with E-state index in [0.29, 0.717) is 18.5 Å². The van der Waals surface area contributed by atoms with Gasteiger partial charge in [0.2, 0.25) is 11.8 Å². The van der Waals surface area contributed by atoms with E-state index in [1.165, 1.54) is 6.08 Å². The summed E-state index contributed by atoms with van der Waals surface area (Å²) in [4.78, 5) is 37.1. The smallest absolute Gasteiger partial charge is 0.251 e. The van der Waals surface area contributed by atoms with Crippen molar-refractivity contribution in [2.75, 3.05) is 18.5 Å². The van der Waals surface area contributed by atoms with E-state index >= 15 is 0 Å². The molecule has 1 aliphatic heterocycles. The monoisotopic (exact) mass is 377 g/mol. The third-order valence-corrected chi connectivity index (χ3v) is 4.62. The van der Waals surface area contributed by atoms with Gasteiger partial charge in [0.15, 0.2) is 0 Å². The van der Waals surface area contributed by atoms with Crippen molar-refractivity contribution >= 4 is 29.5 Å². The first-order valence-electron chi connectivity index (χ1n) is 9.24. The molecule has 0 radical (unpaired) electrons. The van der Waals surface area contributed by atoms with Crippen LogP contribution < -0.4 is 15.5 Å². The Morgan fingerprint density at radius 1 is 1.07 bits per heavy atom. The Labute approximate surface area is 164 Å². The maximum Gasteiger partial charge on any atom is 0.251 e. The Kier molecular flexibility index (Phi) is 6.22. The number of anilines is 1. The molecule has 2 N–H and O–H groups in total. The molecular formula is C22H23N3O3. The summed E-state index contributed by atoms with van der Waals surface area (Å²) >= 11 is 0. The summed E-state index contributed by atoms with van der Waals surface area (Å²) in [7, 11) is 1.58. The number of hydrogen-bond acceptors (Lipinski definition) is 3. The molecule has 2 aromatic rings. The van der Waals surface area contributed by atoms with E-state index in [0.717, 1.165) is 29.8 Å². The second-order valence-electron chi connectivity index (χ2n) is 6.57. The fraction of sp³-hybridized carbons (Fsp3) is 0.227. The number of carbonyl (C=O) groups excluding carboxylic acids is 3. The highest BCUT2D eigenvalue weighted by Crippen LogP contribution is 2.21. The first-order valence-corrected chi connectivity index (χ1v) is 9.24. The Morgan fingerprint density at radius 2 is 1.79 bits per heavy atom. The summed E-state index contributed by atoms with van der Waals surface area (Å²) in [5.74, 6) is -0.183. The van der Waals surface area contributed by atoms with Gasteiger partial charge in [-0.2, -0.15) is 0 Å². The van der Waals surface area contributed by atoms with Gasteiger partial charge in [-0.25, -0.2) is 0 Å². The highest BCUT2D eigenvalue weighted by molar-refractivity contribution is 5.95. The van der Waals surface area contributed by atoms with E-state index in [1.807, 2.05) is 24.3 Å². The maximum absolute atomic E-state index is 12.0. The van der Waals surface area contributed by atoms with Gasteiger partial charge in [-0.3, -0.25) is 14.4 Å². The largest absolute Gasteiger partial charge is 0.355 e. The molecule has 1 heterocycles. The molecule has 6 heteroatoms. The summed E-state index contributed by atoms with van der Waals surface area (Å²) in [5, 5.41) is 5.40. The summed E-state index contributed by atoms with van der Waals surface area (Å²) in [6.07, 6.45) is 4.67. The maximum atomic E-state index is 12.0. The van der Waals surface area contributed by atoms with Crippen LogP contribution in [-0.2, 0) is 16.1 Å². The second-order valence-corrected chi connectivity index (χ2v) is 6.57. The first kappa shape index (κ1) is 19.4. The number of hydrogen-bond donors (Lipinski definition) is 2. The summed E-state index contributed by atoms with van der Waals surface area (Å²) < 4.78 is 0. The molecular weight excluding hydrogens is 354 g/mol. The quantitative estimate of drug-likeness (QED) is 0.759. The average molecular weight is 377 g/mol. The molecule has 1 fully saturated rings. The van der Waals surface area contributed by atoms with Crippen molar-refractivity contribution < 1.29 is 14.4 Å². The van der Waals surface area contributed by atoms with E-state index in [-0.39, 0.29) is 17.7 Å². The van der Waals surface area contributed by atoms with E-state index in [2.05, 4.69) is 10.6 Å². The number of nitrogens with zero attached hydrogens (tertiary/aromatic N) is 1. The van der Waals surface area contributed by atoms with Crippen LogP contribution in [0.5, 0.6) is 0 Å². The standard InChI is InChI=1S/C22H23N3O3/c1-23-22(28)18-9-4-16(5-10-18)8-13-20(26)24-15-17-6-11-19(12-7-17)25-14-2-3-21(25)27/h4-13H,2-3,14-15H2,1H3,(H,23,28)(H,24,26)/b13-8+. The molecule has 3 amide bonds. The third-order valence-electron chi connectivity index (χ3n) is 4.62. The van der Waals surface area contributed by atoms with Crippen LogP contribution in [0.25, 0.3) is 6.08 Å². The first-order chi connectivity index (χ1) is 13.6. The highest BCUT2D eigenvalue weighted by atomic mass is 16.2. The van der Waals surface area contributed by atoms with Gasteiger partial charge in [-0.05, 0) is 47.9 Å². The van der Waals surface area contributed by atoms with Crippen LogP contribution in [0.15, 0.2) is 54.6 Å². The van der Waals surface area contributed by atoms with E-state index in [4.69, 9.17) is 0 Å². The second kappa shape index (κ2) is 8.99. The molecule has 144 valence electrons. The van der Waals surface area contributed by atoms with Crippen LogP contribution in [0.2, 0.25) is 0 Å². The number of carbonyl (C=O) groups is 3. The van der Waals surface area contributed by atoms with Crippen LogP contribution in [0, 0.1) is 0 Å². The van der Waals surface area contributed by atoms with Crippen LogP contribution >= 0.6 is 0 Å². The lowest BCUT2D eigenvalue weighted by atomic mass is 10.1. The number of benzene rings is 2. The van der Waals surface area contributed by atoms with Crippen molar-refractivity contribution in [2.45, 2.75) is 19.4 Å². The molecule has 0 saturated carbocycles. The van der Waals surface area contributed by atoms with Crippen molar-refractivity contribution in [3.05, 3.63) is 71.3 Å². The predicted octanol–water partition coefficient (Wildman–Crippen LogP) is 2.50. The van der Waals surface area contributed by atoms with Gasteiger partial charge in [0.1, 0.15) is 0 Å². The minimum atomic E-state index is -0.200. The highest BCUT2D eigenvalue weighted by Gasteiger charge is 2.21. The minimum Gasteiger partial charge on any atom is -0.355 e. The Bertz CT molecular complexity index is 886. The molecule has 0 aliphatic carbocycles. The van der Waals surface area contributed by atoms with E-state index < -0.39 is 0 Å². The van der Waals surface area contributed by atoms with E-state index in [1.54, 1.807) is 42.3 Å². The molecule has 2 aromatic carbocycles. The topological polar surface area (TPSA) is 78.5 Å². The molecule has 0 atom stereocenters. The lowest BCUT2D eigenvalue weighted by Gasteiger charge is -2.15. The van der Waals surface area contributed by atoms with Gasteiger partial charge in [-0.15, -0.1) is 0 Å². The van der Waals surface area contributed by atoms with Crippen molar-refractivity contribution in [3.8, 4) is 0 Å². The van der Waals surface area contributed by atoms with Crippen LogP contribution in [-0.4, -0.2) is 31.3 Å². The molecule has 1 saturated heterocycles. The molecule has 0 spiro atoms. The summed E-state index contributed by atoms with van der Waals surface area (Å²) in [5.41, 5.74) is 3.27. The van der Waals surface area contributed by atoms with Gasteiger partial charge in [0.05, 0.1) is 0 Å². The fourth-order valence-electron chi connectivity index (χ4n) is 3.02. The van der Waals surface area contributed by atoms with Gasteiger partial charge in [0, 0.05) is 43.9 Å². The Morgan fingerprint density at radius 3 is 2.39 bits per heavy atom. The third kappa shape index (κ3) is 4.85. The predicted molar refractivity (Wildman–Crippen MR) is 109 cm³/mol. The van der Waals surface area contributed by atoms with Crippen molar-refractivity contribution in [3.63, 3.8) is 0 Å². The van der Waals surface area contributed by atoms with Gasteiger partial charge in [-0.1, -0.05) is 24.3 Å². The summed E-state index contributed by atoms with van der Waals surface area (Å²) in [6, 6.07) is 14.7. The van der Waals surface area contributed by atoms with Crippen LogP contribution in [0.3, 0.4) is 0 Å². The number of amides is 3. The normalized spacial score (nSPS) is 13.8. The zero-order valence-electron chi connectivity index (χ0n) is 15.8. The molecule has 0 aromatic heterocycles. The lowest BCUT2D eigenvalue weighted by molar-refractivity contribution is -0.117. The summed E-state index contributed by atoms with van der Waals surface area (Å²) in [6.45, 7) is 1.18. The number of rotatable bonds is 6. The fourth-order valence-corrected chi connectivity index (χ4v) is 3.02. The zero-order valence-corrected chi connectivity index (χ0v) is 15.8. The number of nitrogens with one attached hydrogen (secondary N) is 2. The molecule has 1 aliphatic rings. The van der Waals surface area contributed by atoms with E-state index in [9.17, 15) is 14.4 Å². The average Bonchev–Trinajstić information content (AvgIpc) is 3.16. The van der Waals surface area contributed by atoms with Crippen LogP contribution in [0.1, 0.15) is 34.3 Å². The molecule has 3 rings (SSSR count). The Hall–Kier alpha value is -3.41. The van der Waals surface area contributed by atoms with Crippen molar-refractivity contribution in [1.29, 1.82) is 0 Å². The van der Waals surface area contributed by atoms with Crippen molar-refractivity contribution in [1.82, 2.24) is 10.6 Å². The lowest BCUT2D eigenvalue weighted by Crippen LogP contribution is -2.23. The zero-order chi connectivity index (χ0) is 19.9. The van der Waals surface area contributed by atoms with Gasteiger partial charge < -0.3 is 15.5 Å². The van der Waals surface area contributed by atoms with Gasteiger partial charge in [0.25, 0.3) is 5.91 Å². The SMILES string of the molecule is CNC(=O)c1ccc(/C=C/C(=O)NCc2ccc(N3CCCC3=O)cc2)cc1. The molecule has 28 heavy (non-hydrogen) atoms. The minimum absolute atomic E-state index is 0.145. The van der Waals surface area contributed by atoms with Crippen molar-refractivity contribution in [2.24, 2.45) is 0 Å². The molecule has 6 nitrogen and oxygen atoms in total. The Balaban J connectivity index is 1.50. The van der Waals surface area contributed by atoms with Crippen LogP contribution in [0.4, 0.5) is 5.69 Å². The van der Waals surface area contributed by atoms with Gasteiger partial charge >= 0.3 is 0 Å². The molecule has 0 unspecified atom stereocenters.